The summed E-state index contributed by atoms with van der Waals surface area (Å²) in [6.07, 6.45) is 1.61. The number of carbonyl (C=O) groups is 1. The first-order valence-corrected chi connectivity index (χ1v) is 8.69. The number of rotatable bonds is 6. The van der Waals surface area contributed by atoms with E-state index < -0.39 is 0 Å². The zero-order chi connectivity index (χ0) is 18.8. The third-order valence-electron chi connectivity index (χ3n) is 3.99. The third-order valence-corrected chi connectivity index (χ3v) is 5.17. The number of methoxy groups -OCH3 is 2. The predicted molar refractivity (Wildman–Crippen MR) is 96.2 cm³/mol. The van der Waals surface area contributed by atoms with Crippen molar-refractivity contribution in [3.05, 3.63) is 28.4 Å². The fourth-order valence-electron chi connectivity index (χ4n) is 2.60. The SMILES string of the molecule is COCc1nc(OC)c2c(C)c(C(=O)N(C)Cc3nncn3C)sc2n1. The number of amides is 1. The lowest BCUT2D eigenvalue weighted by Crippen LogP contribution is -2.27. The minimum atomic E-state index is -0.108. The molecule has 3 aromatic heterocycles. The molecule has 9 nitrogen and oxygen atoms in total. The quantitative estimate of drug-likeness (QED) is 0.644. The first-order chi connectivity index (χ1) is 12.5. The number of ether oxygens (including phenoxy) is 2. The Kier molecular flexibility index (Phi) is 5.14. The Morgan fingerprint density at radius 2 is 2.12 bits per heavy atom. The zero-order valence-electron chi connectivity index (χ0n) is 15.3. The van der Waals surface area contributed by atoms with Gasteiger partial charge in [0, 0.05) is 21.2 Å². The number of nitrogens with zero attached hydrogens (tertiary/aromatic N) is 6. The van der Waals surface area contributed by atoms with Crippen LogP contribution < -0.4 is 4.74 Å². The second-order valence-corrected chi connectivity index (χ2v) is 6.84. The topological polar surface area (TPSA) is 95.3 Å². The molecule has 0 saturated heterocycles. The lowest BCUT2D eigenvalue weighted by Gasteiger charge is -2.16. The normalized spacial score (nSPS) is 11.1. The van der Waals surface area contributed by atoms with Crippen LogP contribution in [-0.4, -0.2) is 56.8 Å². The average Bonchev–Trinajstić information content (AvgIpc) is 3.17. The van der Waals surface area contributed by atoms with Crippen molar-refractivity contribution in [1.82, 2.24) is 29.6 Å². The standard InChI is InChI=1S/C16H20N6O3S/c1-9-12-14(25-5)18-10(7-24-4)19-15(12)26-13(9)16(23)21(2)6-11-20-17-8-22(11)3/h8H,6-7H2,1-5H3. The number of aromatic nitrogens is 5. The zero-order valence-corrected chi connectivity index (χ0v) is 16.1. The van der Waals surface area contributed by atoms with Gasteiger partial charge in [0.05, 0.1) is 23.9 Å². The van der Waals surface area contributed by atoms with Gasteiger partial charge in [-0.3, -0.25) is 4.79 Å². The highest BCUT2D eigenvalue weighted by atomic mass is 32.1. The second kappa shape index (κ2) is 7.34. The molecule has 26 heavy (non-hydrogen) atoms. The van der Waals surface area contributed by atoms with E-state index in [4.69, 9.17) is 9.47 Å². The molecule has 0 saturated carbocycles. The molecule has 0 spiro atoms. The van der Waals surface area contributed by atoms with Gasteiger partial charge in [-0.25, -0.2) is 4.98 Å². The van der Waals surface area contributed by atoms with Crippen LogP contribution in [0, 0.1) is 6.92 Å². The van der Waals surface area contributed by atoms with Crippen LogP contribution in [0.15, 0.2) is 6.33 Å². The van der Waals surface area contributed by atoms with Crippen LogP contribution >= 0.6 is 11.3 Å². The van der Waals surface area contributed by atoms with Gasteiger partial charge in [-0.05, 0) is 12.5 Å². The Balaban J connectivity index is 1.97. The Hall–Kier alpha value is -2.59. The van der Waals surface area contributed by atoms with Crippen molar-refractivity contribution < 1.29 is 14.3 Å². The summed E-state index contributed by atoms with van der Waals surface area (Å²) in [6, 6.07) is 0. The van der Waals surface area contributed by atoms with Crippen LogP contribution in [0.2, 0.25) is 0 Å². The van der Waals surface area contributed by atoms with E-state index in [1.54, 1.807) is 37.1 Å². The van der Waals surface area contributed by atoms with Crippen molar-refractivity contribution in [2.75, 3.05) is 21.3 Å². The number of fused-ring (bicyclic) bond motifs is 1. The molecule has 138 valence electrons. The van der Waals surface area contributed by atoms with Crippen LogP contribution in [-0.2, 0) is 24.9 Å². The Morgan fingerprint density at radius 1 is 1.35 bits per heavy atom. The van der Waals surface area contributed by atoms with E-state index in [0.29, 0.717) is 33.8 Å². The maximum atomic E-state index is 12.9. The maximum Gasteiger partial charge on any atom is 0.264 e. The van der Waals surface area contributed by atoms with Crippen LogP contribution in [0.4, 0.5) is 0 Å². The minimum Gasteiger partial charge on any atom is -0.480 e. The molecule has 0 aromatic carbocycles. The molecule has 0 radical (unpaired) electrons. The molecule has 3 rings (SSSR count). The smallest absolute Gasteiger partial charge is 0.264 e. The van der Waals surface area contributed by atoms with Crippen molar-refractivity contribution >= 4 is 27.5 Å². The summed E-state index contributed by atoms with van der Waals surface area (Å²) in [5.41, 5.74) is 0.806. The molecular weight excluding hydrogens is 356 g/mol. The van der Waals surface area contributed by atoms with Crippen molar-refractivity contribution in [1.29, 1.82) is 0 Å². The molecule has 1 amide bonds. The summed E-state index contributed by atoms with van der Waals surface area (Å²) < 4.78 is 12.3. The average molecular weight is 376 g/mol. The molecule has 3 aromatic rings. The fraction of sp³-hybridized carbons (Fsp3) is 0.438. The van der Waals surface area contributed by atoms with E-state index in [1.807, 2.05) is 14.0 Å². The number of thiophene rings is 1. The number of carbonyl (C=O) groups excluding carboxylic acids is 1. The van der Waals surface area contributed by atoms with E-state index in [2.05, 4.69) is 20.2 Å². The summed E-state index contributed by atoms with van der Waals surface area (Å²) >= 11 is 1.33. The van der Waals surface area contributed by atoms with Crippen LogP contribution in [0.5, 0.6) is 5.88 Å². The van der Waals surface area contributed by atoms with E-state index in [9.17, 15) is 4.79 Å². The largest absolute Gasteiger partial charge is 0.480 e. The predicted octanol–water partition coefficient (Wildman–Crippen LogP) is 1.56. The Labute approximate surface area is 154 Å². The molecule has 0 fully saturated rings. The molecular formula is C16H20N6O3S. The van der Waals surface area contributed by atoms with Gasteiger partial charge in [-0.2, -0.15) is 4.98 Å². The molecule has 0 aliphatic carbocycles. The monoisotopic (exact) mass is 376 g/mol. The summed E-state index contributed by atoms with van der Waals surface area (Å²) in [7, 11) is 6.71. The Morgan fingerprint density at radius 3 is 2.73 bits per heavy atom. The van der Waals surface area contributed by atoms with Crippen LogP contribution in [0.25, 0.3) is 10.2 Å². The van der Waals surface area contributed by atoms with Crippen molar-refractivity contribution in [2.24, 2.45) is 7.05 Å². The van der Waals surface area contributed by atoms with Crippen LogP contribution in [0.3, 0.4) is 0 Å². The summed E-state index contributed by atoms with van der Waals surface area (Å²) in [5.74, 6) is 1.57. The van der Waals surface area contributed by atoms with E-state index in [1.165, 1.54) is 11.3 Å². The molecule has 0 unspecified atom stereocenters. The Bertz CT molecular complexity index is 951. The molecule has 3 heterocycles. The molecule has 0 bridgehead atoms. The lowest BCUT2D eigenvalue weighted by atomic mass is 10.2. The highest BCUT2D eigenvalue weighted by molar-refractivity contribution is 7.20. The summed E-state index contributed by atoms with van der Waals surface area (Å²) in [6.45, 7) is 2.52. The number of aryl methyl sites for hydroxylation is 2. The lowest BCUT2D eigenvalue weighted by molar-refractivity contribution is 0.0784. The van der Waals surface area contributed by atoms with Gasteiger partial charge < -0.3 is 18.9 Å². The molecule has 0 N–H and O–H groups in total. The molecule has 10 heteroatoms. The van der Waals surface area contributed by atoms with Gasteiger partial charge in [0.15, 0.2) is 11.6 Å². The van der Waals surface area contributed by atoms with Gasteiger partial charge in [-0.15, -0.1) is 21.5 Å². The van der Waals surface area contributed by atoms with E-state index in [0.717, 1.165) is 10.9 Å². The summed E-state index contributed by atoms with van der Waals surface area (Å²) in [5, 5.41) is 8.62. The highest BCUT2D eigenvalue weighted by Gasteiger charge is 2.24. The van der Waals surface area contributed by atoms with Gasteiger partial charge in [0.25, 0.3) is 5.91 Å². The van der Waals surface area contributed by atoms with Crippen molar-refractivity contribution in [2.45, 2.75) is 20.1 Å². The van der Waals surface area contributed by atoms with E-state index in [-0.39, 0.29) is 12.5 Å². The van der Waals surface area contributed by atoms with Gasteiger partial charge in [0.1, 0.15) is 17.8 Å². The first-order valence-electron chi connectivity index (χ1n) is 7.87. The summed E-state index contributed by atoms with van der Waals surface area (Å²) in [4.78, 5) is 24.7. The van der Waals surface area contributed by atoms with Crippen molar-refractivity contribution in [3.8, 4) is 5.88 Å². The number of hydrogen-bond acceptors (Lipinski definition) is 8. The fourth-order valence-corrected chi connectivity index (χ4v) is 3.78. The van der Waals surface area contributed by atoms with Gasteiger partial charge >= 0.3 is 0 Å². The molecule has 0 aliphatic rings. The maximum absolute atomic E-state index is 12.9. The highest BCUT2D eigenvalue weighted by Crippen LogP contribution is 2.35. The van der Waals surface area contributed by atoms with E-state index >= 15 is 0 Å². The second-order valence-electron chi connectivity index (χ2n) is 5.84. The number of hydrogen-bond donors (Lipinski definition) is 0. The van der Waals surface area contributed by atoms with Crippen LogP contribution in [0.1, 0.15) is 26.9 Å². The van der Waals surface area contributed by atoms with Gasteiger partial charge in [-0.1, -0.05) is 0 Å². The minimum absolute atomic E-state index is 0.108. The molecule has 0 aliphatic heterocycles. The van der Waals surface area contributed by atoms with Gasteiger partial charge in [0.2, 0.25) is 5.88 Å². The third kappa shape index (κ3) is 3.25. The van der Waals surface area contributed by atoms with Crippen molar-refractivity contribution in [3.63, 3.8) is 0 Å². The molecule has 0 atom stereocenters. The first kappa shape index (κ1) is 18.2.